The van der Waals surface area contributed by atoms with Gasteiger partial charge < -0.3 is 9.64 Å². The Bertz CT molecular complexity index is 1090. The molecule has 3 nitrogen and oxygen atoms in total. The van der Waals surface area contributed by atoms with Gasteiger partial charge in [0.25, 0.3) is 0 Å². The van der Waals surface area contributed by atoms with Crippen molar-refractivity contribution in [3.05, 3.63) is 90.1 Å². The first-order chi connectivity index (χ1) is 19.6. The van der Waals surface area contributed by atoms with Crippen LogP contribution in [0.4, 0.5) is 0 Å². The van der Waals surface area contributed by atoms with E-state index in [0.29, 0.717) is 17.9 Å². The zero-order valence-electron chi connectivity index (χ0n) is 25.0. The highest BCUT2D eigenvalue weighted by Crippen LogP contribution is 2.55. The molecule has 0 unspecified atom stereocenters. The van der Waals surface area contributed by atoms with Gasteiger partial charge >= 0.3 is 5.97 Å². The predicted molar refractivity (Wildman–Crippen MR) is 169 cm³/mol. The van der Waals surface area contributed by atoms with Crippen molar-refractivity contribution in [3.63, 3.8) is 0 Å². The molecule has 1 aromatic rings. The van der Waals surface area contributed by atoms with Gasteiger partial charge in [0.05, 0.1) is 0 Å². The first-order valence-corrected chi connectivity index (χ1v) is 15.9. The third kappa shape index (κ3) is 8.19. The van der Waals surface area contributed by atoms with E-state index in [1.165, 1.54) is 49.8 Å². The largest absolute Gasteiger partial charge is 0.427 e. The average Bonchev–Trinajstić information content (AvgIpc) is 2.97. The molecule has 0 aromatic heterocycles. The number of carbonyl (C=O) groups excluding carboxylic acids is 1. The van der Waals surface area contributed by atoms with E-state index in [4.69, 9.17) is 4.74 Å². The molecule has 1 saturated heterocycles. The van der Waals surface area contributed by atoms with Gasteiger partial charge in [0.1, 0.15) is 5.75 Å². The second-order valence-electron chi connectivity index (χ2n) is 11.9. The summed E-state index contributed by atoms with van der Waals surface area (Å²) in [5.74, 6) is 1.39. The Hall–Kier alpha value is -2.65. The highest BCUT2D eigenvalue weighted by atomic mass is 16.5. The maximum absolute atomic E-state index is 12.6. The number of fused-ring (bicyclic) bond motifs is 1. The van der Waals surface area contributed by atoms with Crippen molar-refractivity contribution < 1.29 is 9.53 Å². The molecule has 4 rings (SSSR count). The van der Waals surface area contributed by atoms with E-state index in [-0.39, 0.29) is 5.97 Å². The van der Waals surface area contributed by atoms with Crippen LogP contribution in [-0.4, -0.2) is 30.5 Å². The first kappa shape index (κ1) is 30.3. The molecule has 0 radical (unpaired) electrons. The van der Waals surface area contributed by atoms with E-state index < -0.39 is 0 Å². The van der Waals surface area contributed by atoms with Crippen molar-refractivity contribution in [3.8, 4) is 5.75 Å². The number of likely N-dealkylation sites (N-methyl/N-ethyl adjacent to an activating group) is 1. The Morgan fingerprint density at radius 3 is 2.30 bits per heavy atom. The lowest BCUT2D eigenvalue weighted by Crippen LogP contribution is -2.59. The van der Waals surface area contributed by atoms with Crippen LogP contribution in [0.5, 0.6) is 5.75 Å². The van der Waals surface area contributed by atoms with Crippen LogP contribution in [0.15, 0.2) is 79.0 Å². The third-order valence-corrected chi connectivity index (χ3v) is 9.23. The molecule has 3 atom stereocenters. The molecular weight excluding hydrogens is 490 g/mol. The van der Waals surface area contributed by atoms with E-state index in [1.807, 2.05) is 6.07 Å². The number of allylic oxidation sites excluding steroid dienone is 10. The fourth-order valence-corrected chi connectivity index (χ4v) is 7.15. The Morgan fingerprint density at radius 2 is 1.60 bits per heavy atom. The van der Waals surface area contributed by atoms with Gasteiger partial charge in [-0.1, -0.05) is 86.6 Å². The van der Waals surface area contributed by atoms with Crippen LogP contribution in [0.25, 0.3) is 0 Å². The minimum absolute atomic E-state index is 0.109. The summed E-state index contributed by atoms with van der Waals surface area (Å²) in [5, 5.41) is 0. The van der Waals surface area contributed by atoms with Crippen molar-refractivity contribution in [1.82, 2.24) is 4.90 Å². The summed E-state index contributed by atoms with van der Waals surface area (Å²) in [4.78, 5) is 15.2. The number of hydrogen-bond donors (Lipinski definition) is 0. The summed E-state index contributed by atoms with van der Waals surface area (Å²) < 4.78 is 5.85. The van der Waals surface area contributed by atoms with Crippen LogP contribution < -0.4 is 4.74 Å². The number of benzene rings is 1. The first-order valence-electron chi connectivity index (χ1n) is 15.9. The fraction of sp³-hybridized carbons (Fsp3) is 0.541. The van der Waals surface area contributed by atoms with Crippen molar-refractivity contribution in [2.75, 3.05) is 13.6 Å². The molecule has 40 heavy (non-hydrogen) atoms. The fourth-order valence-electron chi connectivity index (χ4n) is 7.15. The van der Waals surface area contributed by atoms with Gasteiger partial charge in [-0.3, -0.25) is 4.79 Å². The maximum atomic E-state index is 12.6. The molecule has 1 aliphatic heterocycles. The van der Waals surface area contributed by atoms with Gasteiger partial charge in [-0.25, -0.2) is 0 Å². The van der Waals surface area contributed by atoms with Gasteiger partial charge in [0.2, 0.25) is 0 Å². The number of unbranched alkanes of at least 4 members (excludes halogenated alkanes) is 1. The summed E-state index contributed by atoms with van der Waals surface area (Å²) >= 11 is 0. The van der Waals surface area contributed by atoms with Crippen molar-refractivity contribution in [1.29, 1.82) is 0 Å². The highest BCUT2D eigenvalue weighted by molar-refractivity contribution is 5.72. The number of hydrogen-bond acceptors (Lipinski definition) is 3. The lowest BCUT2D eigenvalue weighted by Gasteiger charge is -2.58. The molecule has 2 aliphatic carbocycles. The van der Waals surface area contributed by atoms with Crippen molar-refractivity contribution in [2.24, 2.45) is 5.92 Å². The molecule has 2 fully saturated rings. The molecule has 1 heterocycles. The summed E-state index contributed by atoms with van der Waals surface area (Å²) in [6.07, 6.45) is 37.1. The van der Waals surface area contributed by atoms with E-state index in [9.17, 15) is 4.79 Å². The van der Waals surface area contributed by atoms with Crippen molar-refractivity contribution in [2.45, 2.75) is 108 Å². The number of rotatable bonds is 14. The number of esters is 1. The molecule has 3 heteroatoms. The second kappa shape index (κ2) is 16.0. The molecular formula is C37H51NO2. The number of likely N-dealkylation sites (tertiary alicyclic amines) is 1. The Morgan fingerprint density at radius 1 is 0.925 bits per heavy atom. The summed E-state index contributed by atoms with van der Waals surface area (Å²) in [6.45, 7) is 3.34. The molecule has 3 aliphatic rings. The average molecular weight is 542 g/mol. The normalized spacial score (nSPS) is 24.9. The van der Waals surface area contributed by atoms with Crippen molar-refractivity contribution >= 4 is 5.97 Å². The number of nitrogens with zero attached hydrogens (tertiary/aromatic N) is 1. The predicted octanol–water partition coefficient (Wildman–Crippen LogP) is 9.20. The molecule has 216 valence electrons. The zero-order chi connectivity index (χ0) is 28.0. The molecule has 1 saturated carbocycles. The van der Waals surface area contributed by atoms with Crippen LogP contribution in [0.3, 0.4) is 0 Å². The van der Waals surface area contributed by atoms with Crippen LogP contribution in [0, 0.1) is 5.92 Å². The molecule has 2 bridgehead atoms. The summed E-state index contributed by atoms with van der Waals surface area (Å²) in [7, 11) is 2.31. The van der Waals surface area contributed by atoms with Gasteiger partial charge in [-0.05, 0) is 113 Å². The van der Waals surface area contributed by atoms with Crippen LogP contribution >= 0.6 is 0 Å². The third-order valence-electron chi connectivity index (χ3n) is 9.23. The Labute approximate surface area is 243 Å². The number of piperidine rings is 1. The van der Waals surface area contributed by atoms with Gasteiger partial charge in [0, 0.05) is 17.9 Å². The van der Waals surface area contributed by atoms with Crippen LogP contribution in [0.2, 0.25) is 0 Å². The van der Waals surface area contributed by atoms with E-state index in [2.05, 4.69) is 91.8 Å². The standard InChI is InChI=1S/C37H51NO2/c1-3-4-5-6-7-8-9-10-11-12-13-14-15-16-17-18-19-23-36(39)40-32-25-24-31-29-35-33-22-20-21-26-37(33,34(31)30-32)27-28-38(35)2/h4-5,7-8,10-11,13-14,16-17,24-25,30,33,35H,3,6,9,12,15,18-23,26-29H2,1-2H3/b5-4+,8-7+,11-10+,14-13+,17-16+/t33-,35-,37-/m1/s1. The van der Waals surface area contributed by atoms with Crippen LogP contribution in [-0.2, 0) is 16.6 Å². The zero-order valence-corrected chi connectivity index (χ0v) is 25.0. The van der Waals surface area contributed by atoms with Gasteiger partial charge in [-0.15, -0.1) is 0 Å². The summed E-state index contributed by atoms with van der Waals surface area (Å²) in [5.41, 5.74) is 3.27. The minimum atomic E-state index is -0.109. The SMILES string of the molecule is CC/C=C/C/C=C/C/C=C/C/C=C/C/C=C/CCCC(=O)Oc1ccc2c(c1)[C@@]13CCCC[C@@H]1[C@@H](C2)N(C)CC3. The van der Waals surface area contributed by atoms with Gasteiger partial charge in [-0.2, -0.15) is 0 Å². The molecule has 0 spiro atoms. The van der Waals surface area contributed by atoms with Crippen LogP contribution in [0.1, 0.15) is 102 Å². The van der Waals surface area contributed by atoms with E-state index in [0.717, 1.165) is 63.0 Å². The second-order valence-corrected chi connectivity index (χ2v) is 11.9. The molecule has 1 aromatic carbocycles. The Kier molecular flexibility index (Phi) is 12.1. The quantitative estimate of drug-likeness (QED) is 0.102. The monoisotopic (exact) mass is 541 g/mol. The van der Waals surface area contributed by atoms with E-state index >= 15 is 0 Å². The maximum Gasteiger partial charge on any atom is 0.311 e. The molecule has 0 N–H and O–H groups in total. The number of carbonyl (C=O) groups is 1. The molecule has 0 amide bonds. The highest BCUT2D eigenvalue weighted by Gasteiger charge is 2.53. The minimum Gasteiger partial charge on any atom is -0.427 e. The van der Waals surface area contributed by atoms with E-state index in [1.54, 1.807) is 0 Å². The number of ether oxygens (including phenoxy) is 1. The lowest BCUT2D eigenvalue weighted by molar-refractivity contribution is -0.134. The Balaban J connectivity index is 1.13. The summed E-state index contributed by atoms with van der Waals surface area (Å²) in [6, 6.07) is 7.17. The van der Waals surface area contributed by atoms with Gasteiger partial charge in [0.15, 0.2) is 0 Å². The smallest absolute Gasteiger partial charge is 0.311 e. The topological polar surface area (TPSA) is 29.5 Å². The lowest BCUT2D eigenvalue weighted by atomic mass is 9.52.